The minimum absolute atomic E-state index is 0.0925. The summed E-state index contributed by atoms with van der Waals surface area (Å²) in [6.45, 7) is 8.11. The summed E-state index contributed by atoms with van der Waals surface area (Å²) in [6, 6.07) is 5.29. The fourth-order valence-corrected chi connectivity index (χ4v) is 4.85. The van der Waals surface area contributed by atoms with E-state index >= 15 is 0 Å². The van der Waals surface area contributed by atoms with Crippen molar-refractivity contribution in [2.45, 2.75) is 51.3 Å². The molecule has 2 rings (SSSR count). The van der Waals surface area contributed by atoms with E-state index < -0.39 is 10.0 Å². The van der Waals surface area contributed by atoms with Gasteiger partial charge in [-0.05, 0) is 31.9 Å². The second-order valence-electron chi connectivity index (χ2n) is 6.95. The number of benzene rings is 1. The highest BCUT2D eigenvalue weighted by atomic mass is 32.2. The summed E-state index contributed by atoms with van der Waals surface area (Å²) in [7, 11) is -3.51. The first-order valence-corrected chi connectivity index (χ1v) is 10.9. The maximum Gasteiger partial charge on any atom is 0.317 e. The maximum atomic E-state index is 12.9. The second kappa shape index (κ2) is 9.37. The first-order valence-electron chi connectivity index (χ1n) is 9.46. The molecule has 2 amide bonds. The monoisotopic (exact) mass is 381 g/mol. The van der Waals surface area contributed by atoms with E-state index in [4.69, 9.17) is 0 Å². The average molecular weight is 382 g/mol. The van der Waals surface area contributed by atoms with Gasteiger partial charge in [-0.2, -0.15) is 4.31 Å². The van der Waals surface area contributed by atoms with Crippen LogP contribution in [-0.4, -0.2) is 56.4 Å². The molecule has 0 saturated carbocycles. The highest BCUT2D eigenvalue weighted by Gasteiger charge is 2.30. The third kappa shape index (κ3) is 5.20. The van der Waals surface area contributed by atoms with Crippen molar-refractivity contribution in [3.63, 3.8) is 0 Å². The summed E-state index contributed by atoms with van der Waals surface area (Å²) >= 11 is 0. The van der Waals surface area contributed by atoms with Crippen molar-refractivity contribution in [2.24, 2.45) is 0 Å². The minimum Gasteiger partial charge on any atom is -0.338 e. The van der Waals surface area contributed by atoms with E-state index in [-0.39, 0.29) is 6.03 Å². The number of hydrogen-bond donors (Lipinski definition) is 1. The van der Waals surface area contributed by atoms with Crippen molar-refractivity contribution in [3.05, 3.63) is 29.3 Å². The molecule has 1 N–H and O–H groups in total. The van der Waals surface area contributed by atoms with E-state index in [1.807, 2.05) is 26.0 Å². The van der Waals surface area contributed by atoms with Crippen LogP contribution in [0.4, 0.5) is 4.79 Å². The fraction of sp³-hybridized carbons (Fsp3) is 0.632. The lowest BCUT2D eigenvalue weighted by molar-refractivity contribution is 0.172. The topological polar surface area (TPSA) is 69.7 Å². The number of aryl methyl sites for hydroxylation is 2. The maximum absolute atomic E-state index is 12.9. The molecule has 1 aromatic carbocycles. The molecule has 146 valence electrons. The molecule has 1 aromatic rings. The molecular formula is C19H31N3O3S. The third-order valence-electron chi connectivity index (χ3n) is 4.78. The van der Waals surface area contributed by atoms with Crippen LogP contribution in [0.5, 0.6) is 0 Å². The zero-order chi connectivity index (χ0) is 19.2. The largest absolute Gasteiger partial charge is 0.338 e. The third-order valence-corrected chi connectivity index (χ3v) is 6.84. The van der Waals surface area contributed by atoms with Crippen LogP contribution in [0.3, 0.4) is 0 Å². The Morgan fingerprint density at radius 3 is 2.38 bits per heavy atom. The molecule has 1 saturated heterocycles. The molecule has 0 spiro atoms. The Labute approximate surface area is 157 Å². The molecule has 1 aliphatic heterocycles. The smallest absolute Gasteiger partial charge is 0.317 e. The number of rotatable bonds is 7. The Morgan fingerprint density at radius 2 is 1.77 bits per heavy atom. The summed E-state index contributed by atoms with van der Waals surface area (Å²) in [5, 5.41) is 2.93. The first-order chi connectivity index (χ1) is 12.4. The number of carbonyl (C=O) groups is 1. The lowest BCUT2D eigenvalue weighted by Gasteiger charge is -2.34. The van der Waals surface area contributed by atoms with Crippen LogP contribution in [0, 0.1) is 13.8 Å². The zero-order valence-electron chi connectivity index (χ0n) is 16.1. The van der Waals surface area contributed by atoms with Crippen LogP contribution in [0.2, 0.25) is 0 Å². The number of piperazine rings is 1. The van der Waals surface area contributed by atoms with E-state index in [1.165, 1.54) is 17.1 Å². The highest BCUT2D eigenvalue weighted by Crippen LogP contribution is 2.22. The van der Waals surface area contributed by atoms with Gasteiger partial charge in [0.2, 0.25) is 10.0 Å². The second-order valence-corrected chi connectivity index (χ2v) is 8.86. The standard InChI is InChI=1S/C19H31N3O3S/c1-4-5-6-7-10-20-19(23)21-11-13-22(14-12-21)26(24,25)18-9-8-16(2)15-17(18)3/h8-9,15H,4-7,10-14H2,1-3H3,(H,20,23). The normalized spacial score (nSPS) is 15.9. The van der Waals surface area contributed by atoms with Crippen molar-refractivity contribution in [1.82, 2.24) is 14.5 Å². The number of nitrogens with zero attached hydrogens (tertiary/aromatic N) is 2. The Balaban J connectivity index is 1.88. The fourth-order valence-electron chi connectivity index (χ4n) is 3.22. The summed E-state index contributed by atoms with van der Waals surface area (Å²) in [5.74, 6) is 0. The summed E-state index contributed by atoms with van der Waals surface area (Å²) < 4.78 is 27.2. The molecule has 6 nitrogen and oxygen atoms in total. The van der Waals surface area contributed by atoms with Crippen LogP contribution < -0.4 is 5.32 Å². The predicted molar refractivity (Wildman–Crippen MR) is 104 cm³/mol. The van der Waals surface area contributed by atoms with Crippen LogP contribution in [0.1, 0.15) is 43.7 Å². The summed E-state index contributed by atoms with van der Waals surface area (Å²) in [6.07, 6.45) is 4.47. The molecule has 0 aromatic heterocycles. The Hall–Kier alpha value is -1.60. The van der Waals surface area contributed by atoms with Gasteiger partial charge in [0.1, 0.15) is 0 Å². The highest BCUT2D eigenvalue weighted by molar-refractivity contribution is 7.89. The van der Waals surface area contributed by atoms with Gasteiger partial charge in [0.05, 0.1) is 4.90 Å². The van der Waals surface area contributed by atoms with E-state index in [2.05, 4.69) is 12.2 Å². The lowest BCUT2D eigenvalue weighted by atomic mass is 10.2. The van der Waals surface area contributed by atoms with Crippen molar-refractivity contribution >= 4 is 16.1 Å². The first kappa shape index (κ1) is 20.7. The molecule has 26 heavy (non-hydrogen) atoms. The van der Waals surface area contributed by atoms with Crippen molar-refractivity contribution in [3.8, 4) is 0 Å². The van der Waals surface area contributed by atoms with Gasteiger partial charge in [0, 0.05) is 32.7 Å². The molecule has 0 aliphatic carbocycles. The SMILES string of the molecule is CCCCCCNC(=O)N1CCN(S(=O)(=O)c2ccc(C)cc2C)CC1. The summed E-state index contributed by atoms with van der Waals surface area (Å²) in [5.41, 5.74) is 1.80. The molecular weight excluding hydrogens is 350 g/mol. The molecule has 1 aliphatic rings. The van der Waals surface area contributed by atoms with Gasteiger partial charge in [-0.25, -0.2) is 13.2 Å². The van der Waals surface area contributed by atoms with Crippen LogP contribution >= 0.6 is 0 Å². The van der Waals surface area contributed by atoms with E-state index in [0.29, 0.717) is 37.6 Å². The number of hydrogen-bond acceptors (Lipinski definition) is 3. The lowest BCUT2D eigenvalue weighted by Crippen LogP contribution is -2.53. The number of unbranched alkanes of at least 4 members (excludes halogenated alkanes) is 3. The van der Waals surface area contributed by atoms with Gasteiger partial charge in [-0.15, -0.1) is 0 Å². The average Bonchev–Trinajstić information content (AvgIpc) is 2.61. The molecule has 1 fully saturated rings. The molecule has 0 bridgehead atoms. The van der Waals surface area contributed by atoms with Crippen LogP contribution in [-0.2, 0) is 10.0 Å². The molecule has 1 heterocycles. The van der Waals surface area contributed by atoms with Crippen molar-refractivity contribution < 1.29 is 13.2 Å². The van der Waals surface area contributed by atoms with Crippen LogP contribution in [0.25, 0.3) is 0 Å². The van der Waals surface area contributed by atoms with Gasteiger partial charge in [-0.3, -0.25) is 0 Å². The number of urea groups is 1. The van der Waals surface area contributed by atoms with Gasteiger partial charge in [0.15, 0.2) is 0 Å². The van der Waals surface area contributed by atoms with E-state index in [0.717, 1.165) is 24.0 Å². The zero-order valence-corrected chi connectivity index (χ0v) is 16.9. The number of amides is 2. The van der Waals surface area contributed by atoms with Gasteiger partial charge >= 0.3 is 6.03 Å². The number of carbonyl (C=O) groups excluding carboxylic acids is 1. The molecule has 0 unspecified atom stereocenters. The van der Waals surface area contributed by atoms with Gasteiger partial charge in [-0.1, -0.05) is 43.9 Å². The predicted octanol–water partition coefficient (Wildman–Crippen LogP) is 2.90. The Kier molecular flexibility index (Phi) is 7.46. The quantitative estimate of drug-likeness (QED) is 0.738. The Bertz CT molecular complexity index is 711. The number of nitrogens with one attached hydrogen (secondary N) is 1. The summed E-state index contributed by atoms with van der Waals surface area (Å²) in [4.78, 5) is 14.3. The van der Waals surface area contributed by atoms with Crippen LogP contribution in [0.15, 0.2) is 23.1 Å². The molecule has 0 radical (unpaired) electrons. The minimum atomic E-state index is -3.51. The van der Waals surface area contributed by atoms with Crippen molar-refractivity contribution in [2.75, 3.05) is 32.7 Å². The van der Waals surface area contributed by atoms with E-state index in [9.17, 15) is 13.2 Å². The van der Waals surface area contributed by atoms with Crippen molar-refractivity contribution in [1.29, 1.82) is 0 Å². The number of sulfonamides is 1. The van der Waals surface area contributed by atoms with Gasteiger partial charge < -0.3 is 10.2 Å². The Morgan fingerprint density at radius 1 is 1.08 bits per heavy atom. The molecule has 0 atom stereocenters. The van der Waals surface area contributed by atoms with Gasteiger partial charge in [0.25, 0.3) is 0 Å². The molecule has 7 heteroatoms. The van der Waals surface area contributed by atoms with E-state index in [1.54, 1.807) is 11.0 Å².